The zero-order valence-electron chi connectivity index (χ0n) is 13.0. The Morgan fingerprint density at radius 3 is 2.87 bits per heavy atom. The van der Waals surface area contributed by atoms with Crippen molar-refractivity contribution in [2.24, 2.45) is 0 Å². The number of nitrogens with zero attached hydrogens (tertiary/aromatic N) is 2. The third kappa shape index (κ3) is 3.52. The van der Waals surface area contributed by atoms with Crippen LogP contribution in [0.4, 0.5) is 0 Å². The van der Waals surface area contributed by atoms with Crippen LogP contribution in [0.2, 0.25) is 0 Å². The molecule has 0 radical (unpaired) electrons. The van der Waals surface area contributed by atoms with Crippen LogP contribution < -0.4 is 0 Å². The van der Waals surface area contributed by atoms with Crippen LogP contribution >= 0.6 is 12.2 Å². The van der Waals surface area contributed by atoms with Crippen molar-refractivity contribution in [2.75, 3.05) is 6.61 Å². The van der Waals surface area contributed by atoms with Gasteiger partial charge in [0.15, 0.2) is 24.3 Å². The van der Waals surface area contributed by atoms with Crippen molar-refractivity contribution in [3.05, 3.63) is 18.7 Å². The Balaban J connectivity index is 1.73. The number of aromatic nitrogens is 2. The summed E-state index contributed by atoms with van der Waals surface area (Å²) in [6.07, 6.45) is 2.65. The van der Waals surface area contributed by atoms with Gasteiger partial charge in [-0.1, -0.05) is 0 Å². The summed E-state index contributed by atoms with van der Waals surface area (Å²) in [5.41, 5.74) is 0. The summed E-state index contributed by atoms with van der Waals surface area (Å²) in [6.45, 7) is 4.95. The molecule has 4 atom stereocenters. The molecule has 8 nitrogen and oxygen atoms in total. The van der Waals surface area contributed by atoms with Crippen LogP contribution in [0.15, 0.2) is 18.7 Å². The highest BCUT2D eigenvalue weighted by Gasteiger charge is 2.56. The Hall–Kier alpha value is -1.55. The Labute approximate surface area is 138 Å². The van der Waals surface area contributed by atoms with Gasteiger partial charge in [-0.15, -0.1) is 0 Å². The van der Waals surface area contributed by atoms with E-state index in [1.165, 1.54) is 13.3 Å². The Bertz CT molecular complexity index is 590. The third-order valence-electron chi connectivity index (χ3n) is 3.49. The monoisotopic (exact) mass is 342 g/mol. The number of carbonyl (C=O) groups is 1. The molecule has 0 N–H and O–H groups in total. The Morgan fingerprint density at radius 1 is 1.43 bits per heavy atom. The minimum Gasteiger partial charge on any atom is -0.463 e. The van der Waals surface area contributed by atoms with Gasteiger partial charge in [0.2, 0.25) is 0 Å². The lowest BCUT2D eigenvalue weighted by Gasteiger charge is -2.26. The Morgan fingerprint density at radius 2 is 2.22 bits per heavy atom. The van der Waals surface area contributed by atoms with Crippen molar-refractivity contribution in [1.29, 1.82) is 0 Å². The van der Waals surface area contributed by atoms with Crippen LogP contribution in [0.1, 0.15) is 20.8 Å². The van der Waals surface area contributed by atoms with Crippen LogP contribution in [0.3, 0.4) is 0 Å². The quantitative estimate of drug-likeness (QED) is 0.590. The molecule has 0 saturated carbocycles. The topological polar surface area (TPSA) is 81.0 Å². The maximum Gasteiger partial charge on any atom is 0.302 e. The van der Waals surface area contributed by atoms with Crippen LogP contribution in [0.5, 0.6) is 0 Å². The fourth-order valence-electron chi connectivity index (χ4n) is 2.57. The van der Waals surface area contributed by atoms with Gasteiger partial charge in [0.1, 0.15) is 19.0 Å². The maximum absolute atomic E-state index is 11.0. The van der Waals surface area contributed by atoms with E-state index in [-0.39, 0.29) is 11.8 Å². The van der Waals surface area contributed by atoms with E-state index in [0.29, 0.717) is 0 Å². The standard InChI is InChI=1S/C14H18N2O6S/c1-8(17)18-6-9-10(20-13(23)16-5-4-15-7-16)11-12(19-9)22-14(2,3)21-11/h4-5,7,9-12H,6H2,1-3H3/t9-,10?,11?,12+/m1/s1. The second-order valence-electron chi connectivity index (χ2n) is 5.76. The molecule has 23 heavy (non-hydrogen) atoms. The fourth-order valence-corrected chi connectivity index (χ4v) is 2.79. The lowest BCUT2D eigenvalue weighted by Crippen LogP contribution is -2.41. The van der Waals surface area contributed by atoms with Crippen molar-refractivity contribution in [2.45, 2.75) is 51.2 Å². The van der Waals surface area contributed by atoms with Crippen molar-refractivity contribution < 1.29 is 28.5 Å². The van der Waals surface area contributed by atoms with E-state index in [1.807, 2.05) is 0 Å². The van der Waals surface area contributed by atoms with Crippen LogP contribution in [-0.4, -0.2) is 57.7 Å². The van der Waals surface area contributed by atoms with E-state index < -0.39 is 36.4 Å². The number of imidazole rings is 1. The minimum atomic E-state index is -0.778. The second-order valence-corrected chi connectivity index (χ2v) is 6.11. The second kappa shape index (κ2) is 6.16. The summed E-state index contributed by atoms with van der Waals surface area (Å²) in [6, 6.07) is 0. The third-order valence-corrected chi connectivity index (χ3v) is 3.80. The molecule has 2 fully saturated rings. The number of hydrogen-bond acceptors (Lipinski definition) is 8. The normalized spacial score (nSPS) is 31.6. The molecule has 3 heterocycles. The van der Waals surface area contributed by atoms with E-state index in [0.717, 1.165) is 0 Å². The molecule has 3 rings (SSSR count). The Kier molecular flexibility index (Phi) is 4.37. The number of ether oxygens (including phenoxy) is 5. The number of thiocarbonyl (C=S) groups is 1. The molecule has 0 spiro atoms. The van der Waals surface area contributed by atoms with Gasteiger partial charge in [0.25, 0.3) is 5.17 Å². The first-order valence-corrected chi connectivity index (χ1v) is 7.60. The van der Waals surface area contributed by atoms with Gasteiger partial charge in [0, 0.05) is 19.3 Å². The first kappa shape index (κ1) is 16.3. The van der Waals surface area contributed by atoms with E-state index in [4.69, 9.17) is 35.9 Å². The highest BCUT2D eigenvalue weighted by molar-refractivity contribution is 7.80. The summed E-state index contributed by atoms with van der Waals surface area (Å²) < 4.78 is 29.7. The van der Waals surface area contributed by atoms with Crippen LogP contribution in [0, 0.1) is 0 Å². The van der Waals surface area contributed by atoms with Gasteiger partial charge in [-0.05, 0) is 26.1 Å². The maximum atomic E-state index is 11.0. The zero-order chi connectivity index (χ0) is 16.6. The molecule has 1 aromatic heterocycles. The highest BCUT2D eigenvalue weighted by Crippen LogP contribution is 2.39. The predicted molar refractivity (Wildman–Crippen MR) is 80.4 cm³/mol. The van der Waals surface area contributed by atoms with Crippen molar-refractivity contribution in [3.8, 4) is 0 Å². The lowest BCUT2D eigenvalue weighted by molar-refractivity contribution is -0.219. The average molecular weight is 342 g/mol. The van der Waals surface area contributed by atoms with E-state index >= 15 is 0 Å². The molecule has 0 aromatic carbocycles. The predicted octanol–water partition coefficient (Wildman–Crippen LogP) is 0.841. The molecule has 2 aliphatic rings. The summed E-state index contributed by atoms with van der Waals surface area (Å²) >= 11 is 5.26. The van der Waals surface area contributed by atoms with Gasteiger partial charge in [-0.3, -0.25) is 9.36 Å². The zero-order valence-corrected chi connectivity index (χ0v) is 13.8. The van der Waals surface area contributed by atoms with Gasteiger partial charge < -0.3 is 23.7 Å². The van der Waals surface area contributed by atoms with Gasteiger partial charge in [0.05, 0.1) is 0 Å². The van der Waals surface area contributed by atoms with Crippen LogP contribution in [0.25, 0.3) is 0 Å². The molecule has 2 unspecified atom stereocenters. The molecule has 2 saturated heterocycles. The van der Waals surface area contributed by atoms with Crippen molar-refractivity contribution in [1.82, 2.24) is 9.55 Å². The summed E-state index contributed by atoms with van der Waals surface area (Å²) in [5.74, 6) is -1.18. The summed E-state index contributed by atoms with van der Waals surface area (Å²) in [4.78, 5) is 15.0. The van der Waals surface area contributed by atoms with E-state index in [2.05, 4.69) is 4.98 Å². The van der Waals surface area contributed by atoms with Gasteiger partial charge in [-0.25, -0.2) is 4.98 Å². The molecule has 1 aromatic rings. The molecule has 0 aliphatic carbocycles. The molecule has 0 amide bonds. The van der Waals surface area contributed by atoms with Crippen molar-refractivity contribution in [3.63, 3.8) is 0 Å². The lowest BCUT2D eigenvalue weighted by atomic mass is 10.1. The van der Waals surface area contributed by atoms with Crippen molar-refractivity contribution >= 4 is 23.4 Å². The number of hydrogen-bond donors (Lipinski definition) is 0. The highest BCUT2D eigenvalue weighted by atomic mass is 32.1. The van der Waals surface area contributed by atoms with Gasteiger partial charge >= 0.3 is 5.97 Å². The number of carbonyl (C=O) groups excluding carboxylic acids is 1. The smallest absolute Gasteiger partial charge is 0.302 e. The van der Waals surface area contributed by atoms with E-state index in [1.54, 1.807) is 30.8 Å². The van der Waals surface area contributed by atoms with E-state index in [9.17, 15) is 4.79 Å². The number of fused-ring (bicyclic) bond motifs is 1. The molecule has 126 valence electrons. The molecule has 9 heteroatoms. The van der Waals surface area contributed by atoms with Gasteiger partial charge in [-0.2, -0.15) is 0 Å². The first-order chi connectivity index (χ1) is 10.9. The molecule has 0 bridgehead atoms. The first-order valence-electron chi connectivity index (χ1n) is 7.19. The minimum absolute atomic E-state index is 0.0344. The largest absolute Gasteiger partial charge is 0.463 e. The number of esters is 1. The average Bonchev–Trinajstić information content (AvgIpc) is 3.13. The summed E-state index contributed by atoms with van der Waals surface area (Å²) in [5, 5.41) is 0.206. The molecular weight excluding hydrogens is 324 g/mol. The molecular formula is C14H18N2O6S. The number of rotatable bonds is 3. The SMILES string of the molecule is CC(=O)OC[C@H]1O[C@H]2OC(C)(C)OC2C1OC(=S)n1ccnc1. The fraction of sp³-hybridized carbons (Fsp3) is 0.643. The molecule has 2 aliphatic heterocycles. The van der Waals surface area contributed by atoms with Crippen LogP contribution in [-0.2, 0) is 28.5 Å². The summed E-state index contributed by atoms with van der Waals surface area (Å²) in [7, 11) is 0.